The lowest BCUT2D eigenvalue weighted by molar-refractivity contribution is -0.161. The summed E-state index contributed by atoms with van der Waals surface area (Å²) in [5.41, 5.74) is 9.37. The molecule has 0 aromatic heterocycles. The standard InChI is InChI=1S/C12H22N2O4/c1-6(9(13)8-4-3-5-8)7(2)12(14,10(15)16)11(17)18/h6-9H,3-5,13-14H2,1-2H3,(H,15,16)(H,17,18). The molecule has 0 aromatic carbocycles. The molecule has 3 unspecified atom stereocenters. The monoisotopic (exact) mass is 258 g/mol. The van der Waals surface area contributed by atoms with Gasteiger partial charge in [-0.2, -0.15) is 0 Å². The summed E-state index contributed by atoms with van der Waals surface area (Å²) in [5, 5.41) is 18.1. The summed E-state index contributed by atoms with van der Waals surface area (Å²) in [5.74, 6) is -3.67. The SMILES string of the molecule is CC(C(N)C1CCC1)C(C)C(N)(C(=O)O)C(=O)O. The molecule has 0 aromatic rings. The fourth-order valence-electron chi connectivity index (χ4n) is 2.48. The molecule has 0 radical (unpaired) electrons. The molecule has 0 amide bonds. The quantitative estimate of drug-likeness (QED) is 0.506. The van der Waals surface area contributed by atoms with E-state index in [9.17, 15) is 9.59 Å². The molecular formula is C12H22N2O4. The molecule has 6 N–H and O–H groups in total. The van der Waals surface area contributed by atoms with E-state index in [0.717, 1.165) is 19.3 Å². The van der Waals surface area contributed by atoms with Gasteiger partial charge in [-0.15, -0.1) is 0 Å². The third-order valence-electron chi connectivity index (χ3n) is 4.52. The molecule has 1 rings (SSSR count). The van der Waals surface area contributed by atoms with E-state index < -0.39 is 23.4 Å². The Hall–Kier alpha value is -1.14. The highest BCUT2D eigenvalue weighted by atomic mass is 16.4. The van der Waals surface area contributed by atoms with Gasteiger partial charge in [-0.1, -0.05) is 20.3 Å². The molecule has 6 nitrogen and oxygen atoms in total. The van der Waals surface area contributed by atoms with Crippen LogP contribution in [0.25, 0.3) is 0 Å². The topological polar surface area (TPSA) is 127 Å². The minimum atomic E-state index is -2.28. The first-order valence-corrected chi connectivity index (χ1v) is 6.24. The Labute approximate surface area is 106 Å². The Kier molecular flexibility index (Phi) is 4.34. The van der Waals surface area contributed by atoms with Crippen LogP contribution in [0.15, 0.2) is 0 Å². The zero-order valence-corrected chi connectivity index (χ0v) is 10.8. The second kappa shape index (κ2) is 5.24. The van der Waals surface area contributed by atoms with E-state index in [1.165, 1.54) is 0 Å². The van der Waals surface area contributed by atoms with Gasteiger partial charge in [0.05, 0.1) is 0 Å². The maximum Gasteiger partial charge on any atom is 0.335 e. The van der Waals surface area contributed by atoms with Crippen molar-refractivity contribution in [3.63, 3.8) is 0 Å². The summed E-state index contributed by atoms with van der Waals surface area (Å²) in [6.07, 6.45) is 3.18. The first-order chi connectivity index (χ1) is 8.22. The largest absolute Gasteiger partial charge is 0.479 e. The van der Waals surface area contributed by atoms with E-state index in [2.05, 4.69) is 0 Å². The molecule has 3 atom stereocenters. The molecule has 1 fully saturated rings. The van der Waals surface area contributed by atoms with E-state index in [-0.39, 0.29) is 12.0 Å². The zero-order chi connectivity index (χ0) is 14.1. The smallest absolute Gasteiger partial charge is 0.335 e. The van der Waals surface area contributed by atoms with E-state index >= 15 is 0 Å². The Balaban J connectivity index is 2.85. The van der Waals surface area contributed by atoms with Gasteiger partial charge in [0.15, 0.2) is 0 Å². The van der Waals surface area contributed by atoms with E-state index in [4.69, 9.17) is 21.7 Å². The highest BCUT2D eigenvalue weighted by Crippen LogP contribution is 2.36. The zero-order valence-electron chi connectivity index (χ0n) is 10.8. The molecule has 104 valence electrons. The minimum absolute atomic E-state index is 0.199. The van der Waals surface area contributed by atoms with Crippen LogP contribution in [0.5, 0.6) is 0 Å². The van der Waals surface area contributed by atoms with Crippen molar-refractivity contribution in [2.45, 2.75) is 44.7 Å². The maximum absolute atomic E-state index is 11.1. The van der Waals surface area contributed by atoms with E-state index in [1.54, 1.807) is 13.8 Å². The van der Waals surface area contributed by atoms with Crippen LogP contribution in [-0.4, -0.2) is 33.7 Å². The Morgan fingerprint density at radius 2 is 1.67 bits per heavy atom. The molecule has 1 aliphatic carbocycles. The first kappa shape index (κ1) is 14.9. The molecule has 6 heteroatoms. The number of rotatable bonds is 6. The summed E-state index contributed by atoms with van der Waals surface area (Å²) in [4.78, 5) is 22.3. The van der Waals surface area contributed by atoms with Gasteiger partial charge in [-0.05, 0) is 30.6 Å². The Morgan fingerprint density at radius 1 is 1.22 bits per heavy atom. The fourth-order valence-corrected chi connectivity index (χ4v) is 2.48. The average Bonchev–Trinajstić information content (AvgIpc) is 2.22. The van der Waals surface area contributed by atoms with Crippen molar-refractivity contribution < 1.29 is 19.8 Å². The van der Waals surface area contributed by atoms with Crippen molar-refractivity contribution >= 4 is 11.9 Å². The van der Waals surface area contributed by atoms with Gasteiger partial charge in [0.2, 0.25) is 5.54 Å². The second-order valence-electron chi connectivity index (χ2n) is 5.40. The van der Waals surface area contributed by atoms with Gasteiger partial charge in [0.1, 0.15) is 0 Å². The number of hydrogen-bond acceptors (Lipinski definition) is 4. The summed E-state index contributed by atoms with van der Waals surface area (Å²) < 4.78 is 0. The van der Waals surface area contributed by atoms with Crippen LogP contribution in [0.3, 0.4) is 0 Å². The fraction of sp³-hybridized carbons (Fsp3) is 0.833. The van der Waals surface area contributed by atoms with Gasteiger partial charge in [0, 0.05) is 6.04 Å². The van der Waals surface area contributed by atoms with Crippen LogP contribution in [0.1, 0.15) is 33.1 Å². The van der Waals surface area contributed by atoms with Gasteiger partial charge < -0.3 is 21.7 Å². The summed E-state index contributed by atoms with van der Waals surface area (Å²) in [7, 11) is 0. The minimum Gasteiger partial charge on any atom is -0.479 e. The first-order valence-electron chi connectivity index (χ1n) is 6.24. The van der Waals surface area contributed by atoms with Crippen molar-refractivity contribution in [3.8, 4) is 0 Å². The number of aliphatic carboxylic acids is 2. The number of carbonyl (C=O) groups is 2. The van der Waals surface area contributed by atoms with Crippen LogP contribution in [0.4, 0.5) is 0 Å². The van der Waals surface area contributed by atoms with Crippen molar-refractivity contribution in [3.05, 3.63) is 0 Å². The highest BCUT2D eigenvalue weighted by molar-refractivity contribution is 6.03. The molecule has 1 saturated carbocycles. The Morgan fingerprint density at radius 3 is 1.94 bits per heavy atom. The third kappa shape index (κ3) is 2.35. The molecule has 1 aliphatic rings. The summed E-state index contributed by atoms with van der Waals surface area (Å²) in [6, 6.07) is -0.199. The van der Waals surface area contributed by atoms with Crippen molar-refractivity contribution in [1.29, 1.82) is 0 Å². The van der Waals surface area contributed by atoms with Crippen molar-refractivity contribution in [1.82, 2.24) is 0 Å². The lowest BCUT2D eigenvalue weighted by atomic mass is 9.68. The van der Waals surface area contributed by atoms with Crippen molar-refractivity contribution in [2.24, 2.45) is 29.2 Å². The summed E-state index contributed by atoms with van der Waals surface area (Å²) in [6.45, 7) is 3.33. The van der Waals surface area contributed by atoms with Crippen LogP contribution in [0.2, 0.25) is 0 Å². The number of carboxylic acid groups (broad SMARTS) is 2. The lowest BCUT2D eigenvalue weighted by Gasteiger charge is -2.40. The second-order valence-corrected chi connectivity index (χ2v) is 5.40. The van der Waals surface area contributed by atoms with Crippen LogP contribution in [-0.2, 0) is 9.59 Å². The molecule has 0 heterocycles. The molecule has 0 saturated heterocycles. The van der Waals surface area contributed by atoms with Crippen LogP contribution in [0, 0.1) is 17.8 Å². The van der Waals surface area contributed by atoms with E-state index in [0.29, 0.717) is 5.92 Å². The number of nitrogens with two attached hydrogens (primary N) is 2. The van der Waals surface area contributed by atoms with Gasteiger partial charge in [0.25, 0.3) is 0 Å². The number of carboxylic acids is 2. The number of hydrogen-bond donors (Lipinski definition) is 4. The van der Waals surface area contributed by atoms with Crippen LogP contribution >= 0.6 is 0 Å². The normalized spacial score (nSPS) is 21.8. The molecule has 0 spiro atoms. The third-order valence-corrected chi connectivity index (χ3v) is 4.52. The van der Waals surface area contributed by atoms with E-state index in [1.807, 2.05) is 0 Å². The maximum atomic E-state index is 11.1. The molecule has 18 heavy (non-hydrogen) atoms. The highest BCUT2D eigenvalue weighted by Gasteiger charge is 2.51. The molecule has 0 bridgehead atoms. The summed E-state index contributed by atoms with van der Waals surface area (Å²) >= 11 is 0. The predicted molar refractivity (Wildman–Crippen MR) is 65.8 cm³/mol. The van der Waals surface area contributed by atoms with Gasteiger partial charge in [-0.3, -0.25) is 0 Å². The average molecular weight is 258 g/mol. The predicted octanol–water partition coefficient (Wildman–Crippen LogP) is 0.253. The van der Waals surface area contributed by atoms with Gasteiger partial charge >= 0.3 is 11.9 Å². The molecule has 0 aliphatic heterocycles. The van der Waals surface area contributed by atoms with Crippen LogP contribution < -0.4 is 11.5 Å². The van der Waals surface area contributed by atoms with Crippen molar-refractivity contribution in [2.75, 3.05) is 0 Å². The van der Waals surface area contributed by atoms with Gasteiger partial charge in [-0.25, -0.2) is 9.59 Å². The molecular weight excluding hydrogens is 236 g/mol. The lowest BCUT2D eigenvalue weighted by Crippen LogP contribution is -2.63. The Bertz CT molecular complexity index is 327.